The van der Waals surface area contributed by atoms with Crippen LogP contribution in [0.1, 0.15) is 43.0 Å². The molecule has 2 rings (SSSR count). The van der Waals surface area contributed by atoms with Gasteiger partial charge in [0.05, 0.1) is 12.7 Å². The molecule has 1 aliphatic heterocycles. The van der Waals surface area contributed by atoms with Crippen molar-refractivity contribution in [3.8, 4) is 5.75 Å². The fourth-order valence-electron chi connectivity index (χ4n) is 3.01. The zero-order valence-electron chi connectivity index (χ0n) is 17.1. The van der Waals surface area contributed by atoms with E-state index in [1.165, 1.54) is 29.6 Å². The lowest BCUT2D eigenvalue weighted by Gasteiger charge is -2.21. The summed E-state index contributed by atoms with van der Waals surface area (Å²) in [5, 5.41) is 4.37. The number of ether oxygens (including phenoxy) is 2. The molecule has 1 saturated heterocycles. The SMILES string of the molecule is CCNC(=O)NC(=O)COC(=O)c1ccc(OC)c(S(=O)(=O)N2CCCCCC2)c1. The average molecular weight is 442 g/mol. The number of hydrogen-bond donors (Lipinski definition) is 2. The number of esters is 1. The van der Waals surface area contributed by atoms with Crippen LogP contribution in [-0.2, 0) is 19.6 Å². The maximum atomic E-state index is 13.1. The lowest BCUT2D eigenvalue weighted by Crippen LogP contribution is -2.41. The van der Waals surface area contributed by atoms with E-state index in [9.17, 15) is 22.8 Å². The predicted molar refractivity (Wildman–Crippen MR) is 108 cm³/mol. The lowest BCUT2D eigenvalue weighted by atomic mass is 10.2. The number of carbonyl (C=O) groups is 3. The third kappa shape index (κ3) is 6.17. The summed E-state index contributed by atoms with van der Waals surface area (Å²) in [5.74, 6) is -1.58. The van der Waals surface area contributed by atoms with Crippen LogP contribution in [0.2, 0.25) is 0 Å². The second-order valence-corrected chi connectivity index (χ2v) is 8.57. The van der Waals surface area contributed by atoms with Crippen molar-refractivity contribution in [1.29, 1.82) is 0 Å². The molecule has 0 unspecified atom stereocenters. The fraction of sp³-hybridized carbons (Fsp3) is 0.526. The summed E-state index contributed by atoms with van der Waals surface area (Å²) in [6.45, 7) is 2.14. The average Bonchev–Trinajstić information content (AvgIpc) is 3.01. The molecular formula is C19H27N3O7S. The first kappa shape index (κ1) is 23.6. The van der Waals surface area contributed by atoms with Crippen molar-refractivity contribution in [2.75, 3.05) is 33.4 Å². The molecule has 166 valence electrons. The van der Waals surface area contributed by atoms with Crippen molar-refractivity contribution in [1.82, 2.24) is 14.9 Å². The summed E-state index contributed by atoms with van der Waals surface area (Å²) >= 11 is 0. The molecule has 1 aromatic carbocycles. The largest absolute Gasteiger partial charge is 0.495 e. The molecule has 1 fully saturated rings. The van der Waals surface area contributed by atoms with Gasteiger partial charge in [-0.15, -0.1) is 0 Å². The number of hydrogen-bond acceptors (Lipinski definition) is 7. The summed E-state index contributed by atoms with van der Waals surface area (Å²) in [6, 6.07) is 3.21. The highest BCUT2D eigenvalue weighted by Crippen LogP contribution is 2.29. The molecule has 0 atom stereocenters. The maximum absolute atomic E-state index is 13.1. The molecule has 10 nitrogen and oxygen atoms in total. The Balaban J connectivity index is 2.15. The summed E-state index contributed by atoms with van der Waals surface area (Å²) in [4.78, 5) is 35.1. The third-order valence-electron chi connectivity index (χ3n) is 4.51. The van der Waals surface area contributed by atoms with Gasteiger partial charge < -0.3 is 14.8 Å². The second kappa shape index (κ2) is 10.9. The Hall–Kier alpha value is -2.66. The number of methoxy groups -OCH3 is 1. The van der Waals surface area contributed by atoms with Crippen LogP contribution in [0.15, 0.2) is 23.1 Å². The molecule has 0 spiro atoms. The number of carbonyl (C=O) groups excluding carboxylic acids is 3. The van der Waals surface area contributed by atoms with Gasteiger partial charge in [-0.1, -0.05) is 12.8 Å². The van der Waals surface area contributed by atoms with E-state index in [0.717, 1.165) is 25.7 Å². The molecule has 11 heteroatoms. The molecule has 1 aromatic rings. The molecule has 2 N–H and O–H groups in total. The van der Waals surface area contributed by atoms with Gasteiger partial charge in [-0.2, -0.15) is 4.31 Å². The van der Waals surface area contributed by atoms with Gasteiger partial charge >= 0.3 is 12.0 Å². The van der Waals surface area contributed by atoms with Crippen LogP contribution in [0.3, 0.4) is 0 Å². The van der Waals surface area contributed by atoms with Gasteiger partial charge in [0.25, 0.3) is 5.91 Å². The third-order valence-corrected chi connectivity index (χ3v) is 6.43. The van der Waals surface area contributed by atoms with E-state index < -0.39 is 34.5 Å². The molecule has 0 radical (unpaired) electrons. The first-order chi connectivity index (χ1) is 14.3. The minimum absolute atomic E-state index is 0.0463. The first-order valence-corrected chi connectivity index (χ1v) is 11.2. The van der Waals surface area contributed by atoms with Crippen LogP contribution in [0.25, 0.3) is 0 Å². The highest BCUT2D eigenvalue weighted by molar-refractivity contribution is 7.89. The summed E-state index contributed by atoms with van der Waals surface area (Å²) in [6.07, 6.45) is 3.47. The Morgan fingerprint density at radius 2 is 1.77 bits per heavy atom. The van der Waals surface area contributed by atoms with Crippen LogP contribution < -0.4 is 15.4 Å². The van der Waals surface area contributed by atoms with Gasteiger partial charge in [-0.05, 0) is 38.0 Å². The zero-order chi connectivity index (χ0) is 22.1. The number of amides is 3. The lowest BCUT2D eigenvalue weighted by molar-refractivity contribution is -0.123. The molecule has 3 amide bonds. The van der Waals surface area contributed by atoms with Crippen molar-refractivity contribution in [3.05, 3.63) is 23.8 Å². The number of sulfonamides is 1. The summed E-state index contributed by atoms with van der Waals surface area (Å²) in [7, 11) is -2.52. The molecular weight excluding hydrogens is 414 g/mol. The van der Waals surface area contributed by atoms with Crippen molar-refractivity contribution in [2.24, 2.45) is 0 Å². The molecule has 30 heavy (non-hydrogen) atoms. The molecule has 0 aromatic heterocycles. The Bertz CT molecular complexity index is 878. The standard InChI is InChI=1S/C19H27N3O7S/c1-3-20-19(25)21-17(23)13-29-18(24)14-8-9-15(28-2)16(12-14)30(26,27)22-10-6-4-5-7-11-22/h8-9,12H,3-7,10-11,13H2,1-2H3,(H2,20,21,23,25). The van der Waals surface area contributed by atoms with Crippen molar-refractivity contribution < 1.29 is 32.3 Å². The van der Waals surface area contributed by atoms with E-state index in [4.69, 9.17) is 9.47 Å². The van der Waals surface area contributed by atoms with E-state index >= 15 is 0 Å². The highest BCUT2D eigenvalue weighted by Gasteiger charge is 2.29. The van der Waals surface area contributed by atoms with Gasteiger partial charge in [0.15, 0.2) is 6.61 Å². The van der Waals surface area contributed by atoms with Crippen molar-refractivity contribution >= 4 is 27.9 Å². The van der Waals surface area contributed by atoms with Gasteiger partial charge in [0.1, 0.15) is 10.6 Å². The van der Waals surface area contributed by atoms with Gasteiger partial charge in [-0.3, -0.25) is 10.1 Å². The topological polar surface area (TPSA) is 131 Å². The van der Waals surface area contributed by atoms with Crippen LogP contribution in [-0.4, -0.2) is 64.0 Å². The fourth-order valence-corrected chi connectivity index (χ4v) is 4.71. The van der Waals surface area contributed by atoms with E-state index in [2.05, 4.69) is 5.32 Å². The molecule has 0 saturated carbocycles. The number of imide groups is 1. The Labute approximate surface area is 176 Å². The second-order valence-electron chi connectivity index (χ2n) is 6.67. The maximum Gasteiger partial charge on any atom is 0.338 e. The van der Waals surface area contributed by atoms with Crippen molar-refractivity contribution in [2.45, 2.75) is 37.5 Å². The predicted octanol–water partition coefficient (Wildman–Crippen LogP) is 1.26. The Morgan fingerprint density at radius 3 is 2.37 bits per heavy atom. The number of benzene rings is 1. The molecule has 0 bridgehead atoms. The van der Waals surface area contributed by atoms with Crippen LogP contribution in [0.4, 0.5) is 4.79 Å². The van der Waals surface area contributed by atoms with Gasteiger partial charge in [-0.25, -0.2) is 18.0 Å². The number of nitrogens with zero attached hydrogens (tertiary/aromatic N) is 1. The van der Waals surface area contributed by atoms with Crippen LogP contribution in [0.5, 0.6) is 5.75 Å². The van der Waals surface area contributed by atoms with Gasteiger partial charge in [0, 0.05) is 19.6 Å². The van der Waals surface area contributed by atoms with Crippen LogP contribution >= 0.6 is 0 Å². The minimum Gasteiger partial charge on any atom is -0.495 e. The highest BCUT2D eigenvalue weighted by atomic mass is 32.2. The molecule has 1 aliphatic rings. The molecule has 1 heterocycles. The monoisotopic (exact) mass is 441 g/mol. The van der Waals surface area contributed by atoms with E-state index in [0.29, 0.717) is 19.6 Å². The van der Waals surface area contributed by atoms with Crippen molar-refractivity contribution in [3.63, 3.8) is 0 Å². The summed E-state index contributed by atoms with van der Waals surface area (Å²) < 4.78 is 37.7. The van der Waals surface area contributed by atoms with Gasteiger partial charge in [0.2, 0.25) is 10.0 Å². The normalized spacial score (nSPS) is 15.0. The number of nitrogens with one attached hydrogen (secondary N) is 2. The number of rotatable bonds is 7. The number of urea groups is 1. The molecule has 0 aliphatic carbocycles. The Morgan fingerprint density at radius 1 is 1.10 bits per heavy atom. The first-order valence-electron chi connectivity index (χ1n) is 9.72. The smallest absolute Gasteiger partial charge is 0.338 e. The van der Waals surface area contributed by atoms with E-state index in [-0.39, 0.29) is 16.2 Å². The Kier molecular flexibility index (Phi) is 8.60. The quantitative estimate of drug-likeness (QED) is 0.609. The summed E-state index contributed by atoms with van der Waals surface area (Å²) in [5.41, 5.74) is -0.0463. The minimum atomic E-state index is -3.87. The van der Waals surface area contributed by atoms with E-state index in [1.54, 1.807) is 6.92 Å². The van der Waals surface area contributed by atoms with E-state index in [1.807, 2.05) is 5.32 Å². The van der Waals surface area contributed by atoms with Crippen LogP contribution in [0, 0.1) is 0 Å². The zero-order valence-corrected chi connectivity index (χ0v) is 17.9.